The van der Waals surface area contributed by atoms with Crippen molar-refractivity contribution in [3.05, 3.63) is 0 Å². The number of nitrogens with zero attached hydrogens (tertiary/aromatic N) is 1. The second-order valence-corrected chi connectivity index (χ2v) is 4.03. The summed E-state index contributed by atoms with van der Waals surface area (Å²) in [7, 11) is 1.37. The zero-order chi connectivity index (χ0) is 13.6. The van der Waals surface area contributed by atoms with Gasteiger partial charge >= 0.3 is 6.18 Å². The van der Waals surface area contributed by atoms with Crippen molar-refractivity contribution in [1.29, 1.82) is 0 Å². The second kappa shape index (κ2) is 6.80. The molecule has 17 heavy (non-hydrogen) atoms. The van der Waals surface area contributed by atoms with Crippen molar-refractivity contribution < 1.29 is 22.7 Å². The molecule has 102 valence electrons. The lowest BCUT2D eigenvalue weighted by Crippen LogP contribution is -2.45. The van der Waals surface area contributed by atoms with Crippen LogP contribution in [0.1, 0.15) is 20.3 Å². The molecule has 0 radical (unpaired) electrons. The lowest BCUT2D eigenvalue weighted by molar-refractivity contribution is -0.165. The van der Waals surface area contributed by atoms with E-state index < -0.39 is 30.8 Å². The molecule has 0 saturated carbocycles. The van der Waals surface area contributed by atoms with Crippen molar-refractivity contribution in [2.24, 2.45) is 5.73 Å². The number of alkyl halides is 3. The lowest BCUT2D eigenvalue weighted by atomic mass is 10.2. The van der Waals surface area contributed by atoms with Crippen LogP contribution in [0.25, 0.3) is 0 Å². The maximum absolute atomic E-state index is 12.3. The molecule has 0 aliphatic carbocycles. The van der Waals surface area contributed by atoms with Gasteiger partial charge in [0.2, 0.25) is 5.91 Å². The molecule has 0 saturated heterocycles. The van der Waals surface area contributed by atoms with Gasteiger partial charge in [-0.15, -0.1) is 0 Å². The highest BCUT2D eigenvalue weighted by Gasteiger charge is 2.34. The fourth-order valence-corrected chi connectivity index (χ4v) is 1.33. The van der Waals surface area contributed by atoms with Crippen LogP contribution in [0, 0.1) is 0 Å². The number of amides is 1. The van der Waals surface area contributed by atoms with E-state index in [1.54, 1.807) is 0 Å². The van der Waals surface area contributed by atoms with E-state index in [1.807, 2.05) is 0 Å². The van der Waals surface area contributed by atoms with Crippen molar-refractivity contribution in [2.75, 3.05) is 20.2 Å². The number of hydrogen-bond donors (Lipinski definition) is 1. The Balaban J connectivity index is 4.55. The molecule has 0 aromatic rings. The van der Waals surface area contributed by atoms with Gasteiger partial charge in [-0.25, -0.2) is 0 Å². The van der Waals surface area contributed by atoms with Gasteiger partial charge in [0, 0.05) is 19.7 Å². The minimum atomic E-state index is -4.40. The van der Waals surface area contributed by atoms with Crippen molar-refractivity contribution in [1.82, 2.24) is 4.90 Å². The smallest absolute Gasteiger partial charge is 0.380 e. The normalized spacial score (nSPS) is 13.9. The molecule has 0 heterocycles. The number of hydrogen-bond acceptors (Lipinski definition) is 3. The summed E-state index contributed by atoms with van der Waals surface area (Å²) < 4.78 is 41.7. The van der Waals surface area contributed by atoms with E-state index in [1.165, 1.54) is 21.0 Å². The quantitative estimate of drug-likeness (QED) is 0.775. The van der Waals surface area contributed by atoms with Crippen molar-refractivity contribution >= 4 is 5.91 Å². The van der Waals surface area contributed by atoms with Crippen LogP contribution in [0.2, 0.25) is 0 Å². The first-order valence-corrected chi connectivity index (χ1v) is 5.30. The van der Waals surface area contributed by atoms with E-state index in [0.29, 0.717) is 0 Å². The first-order chi connectivity index (χ1) is 7.71. The highest BCUT2D eigenvalue weighted by atomic mass is 19.4. The van der Waals surface area contributed by atoms with Crippen LogP contribution in [-0.2, 0) is 9.53 Å². The molecule has 0 bridgehead atoms. The maximum Gasteiger partial charge on any atom is 0.406 e. The van der Waals surface area contributed by atoms with Crippen LogP contribution in [0.3, 0.4) is 0 Å². The fraction of sp³-hybridized carbons (Fsp3) is 0.900. The van der Waals surface area contributed by atoms with E-state index in [9.17, 15) is 18.0 Å². The molecule has 0 spiro atoms. The first kappa shape index (κ1) is 16.2. The van der Waals surface area contributed by atoms with Crippen LogP contribution in [0.5, 0.6) is 0 Å². The fourth-order valence-electron chi connectivity index (χ4n) is 1.33. The standard InChI is InChI=1S/C10H19F3N2O2/c1-7(2)15(6-10(11,12)13)9(16)4-8(5-14)17-3/h7-8H,4-6,14H2,1-3H3. The van der Waals surface area contributed by atoms with Crippen LogP contribution >= 0.6 is 0 Å². The van der Waals surface area contributed by atoms with E-state index in [-0.39, 0.29) is 13.0 Å². The van der Waals surface area contributed by atoms with E-state index in [0.717, 1.165) is 4.90 Å². The van der Waals surface area contributed by atoms with Gasteiger partial charge in [-0.05, 0) is 13.8 Å². The number of methoxy groups -OCH3 is 1. The molecule has 4 nitrogen and oxygen atoms in total. The Kier molecular flexibility index (Phi) is 6.48. The van der Waals surface area contributed by atoms with Gasteiger partial charge < -0.3 is 15.4 Å². The third-order valence-electron chi connectivity index (χ3n) is 2.29. The summed E-state index contributed by atoms with van der Waals surface area (Å²) in [6.45, 7) is 1.92. The minimum absolute atomic E-state index is 0.0974. The number of nitrogens with two attached hydrogens (primary N) is 1. The summed E-state index contributed by atoms with van der Waals surface area (Å²) in [6, 6.07) is -0.514. The van der Waals surface area contributed by atoms with E-state index >= 15 is 0 Å². The number of rotatable bonds is 6. The third-order valence-corrected chi connectivity index (χ3v) is 2.29. The van der Waals surface area contributed by atoms with Crippen molar-refractivity contribution in [3.8, 4) is 0 Å². The van der Waals surface area contributed by atoms with Gasteiger partial charge in [-0.1, -0.05) is 0 Å². The van der Waals surface area contributed by atoms with Gasteiger partial charge in [0.05, 0.1) is 12.5 Å². The molecular weight excluding hydrogens is 237 g/mol. The average molecular weight is 256 g/mol. The van der Waals surface area contributed by atoms with Gasteiger partial charge in [-0.3, -0.25) is 4.79 Å². The van der Waals surface area contributed by atoms with Crippen LogP contribution < -0.4 is 5.73 Å². The van der Waals surface area contributed by atoms with Gasteiger partial charge in [-0.2, -0.15) is 13.2 Å². The Labute approximate surface area is 98.9 Å². The Hall–Kier alpha value is -0.820. The minimum Gasteiger partial charge on any atom is -0.380 e. The maximum atomic E-state index is 12.3. The predicted octanol–water partition coefficient (Wildman–Crippen LogP) is 1.15. The average Bonchev–Trinajstić information content (AvgIpc) is 2.20. The first-order valence-electron chi connectivity index (χ1n) is 5.30. The Morgan fingerprint density at radius 2 is 1.94 bits per heavy atom. The summed E-state index contributed by atoms with van der Waals surface area (Å²) in [6.07, 6.45) is -5.08. The SMILES string of the molecule is COC(CN)CC(=O)N(CC(F)(F)F)C(C)C. The van der Waals surface area contributed by atoms with E-state index in [4.69, 9.17) is 10.5 Å². The molecule has 0 aliphatic heterocycles. The summed E-state index contributed by atoms with van der Waals surface area (Å²) in [5.74, 6) is -0.602. The Morgan fingerprint density at radius 1 is 1.41 bits per heavy atom. The molecule has 2 N–H and O–H groups in total. The molecule has 0 aliphatic rings. The van der Waals surface area contributed by atoms with Gasteiger partial charge in [0.15, 0.2) is 0 Å². The number of carbonyl (C=O) groups excluding carboxylic acids is 1. The topological polar surface area (TPSA) is 55.6 Å². The third kappa shape index (κ3) is 6.48. The molecule has 0 aromatic heterocycles. The van der Waals surface area contributed by atoms with E-state index in [2.05, 4.69) is 0 Å². The molecule has 0 aromatic carbocycles. The molecule has 1 unspecified atom stereocenters. The largest absolute Gasteiger partial charge is 0.406 e. The van der Waals surface area contributed by atoms with Gasteiger partial charge in [0.1, 0.15) is 6.54 Å². The van der Waals surface area contributed by atoms with Gasteiger partial charge in [0.25, 0.3) is 0 Å². The van der Waals surface area contributed by atoms with Crippen LogP contribution in [0.4, 0.5) is 13.2 Å². The van der Waals surface area contributed by atoms with Crippen molar-refractivity contribution in [2.45, 2.75) is 38.6 Å². The monoisotopic (exact) mass is 256 g/mol. The van der Waals surface area contributed by atoms with Crippen LogP contribution in [-0.4, -0.2) is 49.3 Å². The zero-order valence-corrected chi connectivity index (χ0v) is 10.3. The number of halogens is 3. The molecular formula is C10H19F3N2O2. The molecule has 1 amide bonds. The highest BCUT2D eigenvalue weighted by Crippen LogP contribution is 2.19. The molecule has 7 heteroatoms. The second-order valence-electron chi connectivity index (χ2n) is 4.03. The highest BCUT2D eigenvalue weighted by molar-refractivity contribution is 5.77. The van der Waals surface area contributed by atoms with Crippen LogP contribution in [0.15, 0.2) is 0 Å². The summed E-state index contributed by atoms with van der Waals surface area (Å²) in [5.41, 5.74) is 5.32. The molecule has 0 rings (SSSR count). The molecule has 0 fully saturated rings. The number of ether oxygens (including phenoxy) is 1. The summed E-state index contributed by atoms with van der Waals surface area (Å²) >= 11 is 0. The lowest BCUT2D eigenvalue weighted by Gasteiger charge is -2.29. The van der Waals surface area contributed by atoms with Crippen molar-refractivity contribution in [3.63, 3.8) is 0 Å². The zero-order valence-electron chi connectivity index (χ0n) is 10.3. The predicted molar refractivity (Wildman–Crippen MR) is 57.4 cm³/mol. The summed E-state index contributed by atoms with van der Waals surface area (Å²) in [4.78, 5) is 12.5. The Morgan fingerprint density at radius 3 is 2.24 bits per heavy atom. The number of carbonyl (C=O) groups is 1. The molecule has 1 atom stereocenters. The summed E-state index contributed by atoms with van der Waals surface area (Å²) in [5, 5.41) is 0. The Bertz CT molecular complexity index is 240.